The zero-order chi connectivity index (χ0) is 18.2. The molecule has 0 saturated heterocycles. The Labute approximate surface area is 155 Å². The molecule has 5 nitrogen and oxygen atoms in total. The molecule has 5 rings (SSSR count). The van der Waals surface area contributed by atoms with Crippen LogP contribution in [-0.4, -0.2) is 25.3 Å². The number of benzene rings is 3. The highest BCUT2D eigenvalue weighted by Crippen LogP contribution is 2.26. The van der Waals surface area contributed by atoms with E-state index in [1.807, 2.05) is 95.7 Å². The Balaban J connectivity index is 1.76. The molecule has 0 aliphatic rings. The summed E-state index contributed by atoms with van der Waals surface area (Å²) in [5.74, 6) is -0.0346. The Morgan fingerprint density at radius 1 is 0.778 bits per heavy atom. The number of Topliss-reactive ketones (excluding diaryl/α,β-unsaturated/α-hetero) is 1. The minimum Gasteiger partial charge on any atom is -0.318 e. The first-order valence-corrected chi connectivity index (χ1v) is 8.78. The van der Waals surface area contributed by atoms with E-state index in [1.54, 1.807) is 4.68 Å². The van der Waals surface area contributed by atoms with Crippen LogP contribution >= 0.6 is 0 Å². The van der Waals surface area contributed by atoms with Gasteiger partial charge in [0.2, 0.25) is 5.78 Å². The summed E-state index contributed by atoms with van der Waals surface area (Å²) in [6.07, 6.45) is 1.28. The van der Waals surface area contributed by atoms with Gasteiger partial charge in [-0.15, -0.1) is 5.10 Å². The van der Waals surface area contributed by atoms with Crippen LogP contribution in [0.1, 0.15) is 16.5 Å². The van der Waals surface area contributed by atoms with Crippen molar-refractivity contribution in [1.82, 2.24) is 19.6 Å². The van der Waals surface area contributed by atoms with Crippen LogP contribution in [0.25, 0.3) is 21.9 Å². The van der Waals surface area contributed by atoms with Gasteiger partial charge in [0.05, 0.1) is 11.0 Å². The van der Waals surface area contributed by atoms with Crippen molar-refractivity contribution in [3.05, 3.63) is 96.7 Å². The largest absolute Gasteiger partial charge is 0.318 e. The molecule has 2 heterocycles. The number of fused-ring (bicyclic) bond motifs is 2. The number of carbonyl (C=O) groups excluding carboxylic acids is 1. The maximum absolute atomic E-state index is 13.5. The van der Waals surface area contributed by atoms with E-state index >= 15 is 0 Å². The highest BCUT2D eigenvalue weighted by atomic mass is 16.1. The Morgan fingerprint density at radius 3 is 2.33 bits per heavy atom. The van der Waals surface area contributed by atoms with E-state index in [4.69, 9.17) is 0 Å². The molecule has 5 aromatic rings. The molecule has 130 valence electrons. The van der Waals surface area contributed by atoms with Gasteiger partial charge in [-0.3, -0.25) is 4.79 Å². The zero-order valence-electron chi connectivity index (χ0n) is 14.4. The second-order valence-corrected chi connectivity index (χ2v) is 6.41. The number of rotatable bonds is 4. The number of carbonyl (C=O) groups is 1. The molecule has 27 heavy (non-hydrogen) atoms. The molecule has 0 aliphatic heterocycles. The molecule has 1 atom stereocenters. The van der Waals surface area contributed by atoms with Gasteiger partial charge in [0.25, 0.3) is 0 Å². The Morgan fingerprint density at radius 2 is 1.48 bits per heavy atom. The van der Waals surface area contributed by atoms with Crippen LogP contribution in [0.2, 0.25) is 0 Å². The number of para-hydroxylation sites is 2. The van der Waals surface area contributed by atoms with Crippen molar-refractivity contribution in [2.24, 2.45) is 0 Å². The molecular formula is C22H16N4O. The fourth-order valence-corrected chi connectivity index (χ4v) is 3.49. The van der Waals surface area contributed by atoms with Crippen molar-refractivity contribution < 1.29 is 4.79 Å². The van der Waals surface area contributed by atoms with Gasteiger partial charge >= 0.3 is 0 Å². The molecule has 0 saturated carbocycles. The molecule has 0 radical (unpaired) electrons. The van der Waals surface area contributed by atoms with Crippen LogP contribution in [-0.2, 0) is 0 Å². The van der Waals surface area contributed by atoms with Crippen LogP contribution in [0.5, 0.6) is 0 Å². The van der Waals surface area contributed by atoms with E-state index in [9.17, 15) is 4.79 Å². The predicted molar refractivity (Wildman–Crippen MR) is 105 cm³/mol. The number of hydrogen-bond donors (Lipinski definition) is 0. The molecule has 5 heteroatoms. The summed E-state index contributed by atoms with van der Waals surface area (Å²) in [4.78, 5) is 13.5. The topological polar surface area (TPSA) is 52.7 Å². The lowest BCUT2D eigenvalue weighted by molar-refractivity contribution is 0.0901. The van der Waals surface area contributed by atoms with Crippen molar-refractivity contribution in [1.29, 1.82) is 0 Å². The highest BCUT2D eigenvalue weighted by Gasteiger charge is 2.27. The van der Waals surface area contributed by atoms with Crippen LogP contribution < -0.4 is 0 Å². The van der Waals surface area contributed by atoms with E-state index in [-0.39, 0.29) is 5.78 Å². The summed E-state index contributed by atoms with van der Waals surface area (Å²) in [6.45, 7) is 0. The summed E-state index contributed by atoms with van der Waals surface area (Å²) in [5.41, 5.74) is 3.20. The lowest BCUT2D eigenvalue weighted by Crippen LogP contribution is -2.27. The van der Waals surface area contributed by atoms with Gasteiger partial charge in [-0.1, -0.05) is 65.9 Å². The Bertz CT molecular complexity index is 1180. The maximum atomic E-state index is 13.5. The first kappa shape index (κ1) is 15.5. The Kier molecular flexibility index (Phi) is 3.57. The van der Waals surface area contributed by atoms with E-state index < -0.39 is 6.17 Å². The summed E-state index contributed by atoms with van der Waals surface area (Å²) in [5, 5.41) is 9.66. The highest BCUT2D eigenvalue weighted by molar-refractivity contribution is 6.00. The minimum absolute atomic E-state index is 0.0346. The van der Waals surface area contributed by atoms with Crippen molar-refractivity contribution in [2.45, 2.75) is 6.17 Å². The van der Waals surface area contributed by atoms with Gasteiger partial charge < -0.3 is 4.57 Å². The van der Waals surface area contributed by atoms with Crippen molar-refractivity contribution in [3.63, 3.8) is 0 Å². The molecule has 2 aromatic heterocycles. The molecular weight excluding hydrogens is 336 g/mol. The Hall–Kier alpha value is -3.73. The molecule has 0 bridgehead atoms. The van der Waals surface area contributed by atoms with Crippen molar-refractivity contribution in [2.75, 3.05) is 0 Å². The predicted octanol–water partition coefficient (Wildman–Crippen LogP) is 4.32. The number of nitrogens with zero attached hydrogens (tertiary/aromatic N) is 4. The summed E-state index contributed by atoms with van der Waals surface area (Å²) in [7, 11) is 0. The maximum Gasteiger partial charge on any atom is 0.208 e. The smallest absolute Gasteiger partial charge is 0.208 e. The lowest BCUT2D eigenvalue weighted by Gasteiger charge is -2.20. The van der Waals surface area contributed by atoms with E-state index in [0.717, 1.165) is 21.9 Å². The van der Waals surface area contributed by atoms with E-state index in [1.165, 1.54) is 0 Å². The summed E-state index contributed by atoms with van der Waals surface area (Å²) >= 11 is 0. The molecule has 0 fully saturated rings. The van der Waals surface area contributed by atoms with Crippen LogP contribution in [0.4, 0.5) is 0 Å². The fourth-order valence-electron chi connectivity index (χ4n) is 3.49. The average molecular weight is 352 g/mol. The number of ketones is 1. The summed E-state index contributed by atoms with van der Waals surface area (Å²) < 4.78 is 3.67. The van der Waals surface area contributed by atoms with Crippen molar-refractivity contribution in [3.8, 4) is 0 Å². The second-order valence-electron chi connectivity index (χ2n) is 6.41. The van der Waals surface area contributed by atoms with Gasteiger partial charge in [-0.05, 0) is 29.7 Å². The standard InChI is InChI=1S/C22H16N4O/c27-21(17-9-2-1-3-10-17)22(25-15-14-16-8-4-6-12-19(16)25)26-20-13-7-5-11-18(20)23-24-26/h1-15,22H. The normalized spacial score (nSPS) is 12.4. The van der Waals surface area contributed by atoms with Crippen LogP contribution in [0.15, 0.2) is 91.1 Å². The van der Waals surface area contributed by atoms with Gasteiger partial charge in [0.1, 0.15) is 5.52 Å². The molecule has 0 amide bonds. The molecule has 0 N–H and O–H groups in total. The lowest BCUT2D eigenvalue weighted by atomic mass is 10.1. The molecule has 0 spiro atoms. The van der Waals surface area contributed by atoms with E-state index in [2.05, 4.69) is 10.3 Å². The first-order valence-electron chi connectivity index (χ1n) is 8.78. The molecule has 3 aromatic carbocycles. The SMILES string of the molecule is O=C(c1ccccc1)C(n1ccc2ccccc21)n1nnc2ccccc21. The zero-order valence-corrected chi connectivity index (χ0v) is 14.4. The third-order valence-electron chi connectivity index (χ3n) is 4.79. The van der Waals surface area contributed by atoms with Gasteiger partial charge in [0.15, 0.2) is 6.17 Å². The van der Waals surface area contributed by atoms with E-state index in [0.29, 0.717) is 5.56 Å². The third-order valence-corrected chi connectivity index (χ3v) is 4.79. The van der Waals surface area contributed by atoms with Crippen molar-refractivity contribution >= 4 is 27.7 Å². The molecule has 1 unspecified atom stereocenters. The quantitative estimate of drug-likeness (QED) is 0.453. The first-order chi connectivity index (χ1) is 13.3. The monoisotopic (exact) mass is 352 g/mol. The van der Waals surface area contributed by atoms with Gasteiger partial charge in [0, 0.05) is 11.8 Å². The number of aromatic nitrogens is 4. The third kappa shape index (κ3) is 2.52. The second kappa shape index (κ2) is 6.21. The van der Waals surface area contributed by atoms with Crippen LogP contribution in [0, 0.1) is 0 Å². The fraction of sp³-hybridized carbons (Fsp3) is 0.0455. The van der Waals surface area contributed by atoms with Gasteiger partial charge in [-0.25, -0.2) is 4.68 Å². The van der Waals surface area contributed by atoms with Gasteiger partial charge in [-0.2, -0.15) is 0 Å². The molecule has 0 aliphatic carbocycles. The summed E-state index contributed by atoms with van der Waals surface area (Å²) in [6, 6.07) is 27.0. The average Bonchev–Trinajstić information content (AvgIpc) is 3.34. The number of hydrogen-bond acceptors (Lipinski definition) is 3. The van der Waals surface area contributed by atoms with Crippen LogP contribution in [0.3, 0.4) is 0 Å². The minimum atomic E-state index is -0.653.